The number of rotatable bonds is 4. The van der Waals surface area contributed by atoms with Crippen molar-refractivity contribution < 1.29 is 67.8 Å². The Balaban J connectivity index is 0.00000210. The number of ether oxygens (including phenoxy) is 2. The third kappa shape index (κ3) is 4.23. The largest absolute Gasteiger partial charge is 1.00 e. The SMILES string of the molecule is COC(=O)C=C1CN(C(=O)OCc2ccccc2)[C@@H]2C(=O)N(S(=O)(=O)O)[C@H]12.[H-].[Na+]. The molecule has 0 radical (unpaired) electrons. The van der Waals surface area contributed by atoms with E-state index in [0.29, 0.717) is 0 Å². The first kappa shape index (κ1) is 22.4. The summed E-state index contributed by atoms with van der Waals surface area (Å²) in [7, 11) is -3.71. The van der Waals surface area contributed by atoms with E-state index >= 15 is 0 Å². The van der Waals surface area contributed by atoms with Crippen LogP contribution in [0.4, 0.5) is 4.79 Å². The van der Waals surface area contributed by atoms with Gasteiger partial charge in [0, 0.05) is 12.6 Å². The van der Waals surface area contributed by atoms with Gasteiger partial charge in [-0.25, -0.2) is 13.9 Å². The first-order valence-corrected chi connectivity index (χ1v) is 9.20. The van der Waals surface area contributed by atoms with Crippen LogP contribution in [0.1, 0.15) is 6.99 Å². The number of hydrogen-bond acceptors (Lipinski definition) is 7. The van der Waals surface area contributed by atoms with Crippen LogP contribution in [-0.4, -0.2) is 65.9 Å². The Morgan fingerprint density at radius 3 is 2.50 bits per heavy atom. The molecule has 146 valence electrons. The number of carbonyl (C=O) groups excluding carboxylic acids is 3. The molecule has 0 spiro atoms. The molecule has 10 nitrogen and oxygen atoms in total. The molecular weight excluding hydrogens is 403 g/mol. The summed E-state index contributed by atoms with van der Waals surface area (Å²) in [5.74, 6) is -1.76. The molecule has 3 rings (SSSR count). The second kappa shape index (κ2) is 8.62. The monoisotopic (exact) mass is 420 g/mol. The van der Waals surface area contributed by atoms with Gasteiger partial charge in [0.25, 0.3) is 5.91 Å². The molecule has 1 aromatic carbocycles. The van der Waals surface area contributed by atoms with Gasteiger partial charge in [-0.05, 0) is 11.1 Å². The van der Waals surface area contributed by atoms with Crippen molar-refractivity contribution >= 4 is 28.3 Å². The average Bonchev–Trinajstić information content (AvgIpc) is 2.92. The predicted octanol–water partition coefficient (Wildman–Crippen LogP) is -2.76. The van der Waals surface area contributed by atoms with Gasteiger partial charge in [-0.1, -0.05) is 30.3 Å². The summed E-state index contributed by atoms with van der Waals surface area (Å²) in [5.41, 5.74) is 0.868. The average molecular weight is 420 g/mol. The number of β-lactam (4-membered cyclic amide) rings is 1. The Hall–Kier alpha value is -1.92. The number of likely N-dealkylation sites (tertiary alicyclic amines) is 1. The number of benzene rings is 1. The van der Waals surface area contributed by atoms with Gasteiger partial charge >= 0.3 is 51.9 Å². The minimum Gasteiger partial charge on any atom is -1.00 e. The van der Waals surface area contributed by atoms with Crippen LogP contribution in [0.25, 0.3) is 0 Å². The van der Waals surface area contributed by atoms with E-state index in [1.54, 1.807) is 30.3 Å². The van der Waals surface area contributed by atoms with Crippen LogP contribution in [-0.2, 0) is 36.0 Å². The van der Waals surface area contributed by atoms with Gasteiger partial charge in [0.15, 0.2) is 0 Å². The summed E-state index contributed by atoms with van der Waals surface area (Å²) >= 11 is 0. The van der Waals surface area contributed by atoms with Crippen LogP contribution in [0, 0.1) is 0 Å². The van der Waals surface area contributed by atoms with Crippen molar-refractivity contribution in [1.29, 1.82) is 0 Å². The minimum atomic E-state index is -4.84. The molecule has 0 aromatic heterocycles. The van der Waals surface area contributed by atoms with Crippen molar-refractivity contribution in [2.75, 3.05) is 13.7 Å². The van der Waals surface area contributed by atoms with Gasteiger partial charge in [0.05, 0.1) is 7.11 Å². The van der Waals surface area contributed by atoms with E-state index < -0.39 is 40.4 Å². The van der Waals surface area contributed by atoms with Crippen molar-refractivity contribution in [2.45, 2.75) is 18.7 Å². The molecule has 2 heterocycles. The summed E-state index contributed by atoms with van der Waals surface area (Å²) in [6.07, 6.45) is 0.151. The first-order valence-electron chi connectivity index (χ1n) is 7.80. The Morgan fingerprint density at radius 1 is 1.29 bits per heavy atom. The van der Waals surface area contributed by atoms with Gasteiger partial charge in [-0.3, -0.25) is 14.2 Å². The molecule has 2 amide bonds. The summed E-state index contributed by atoms with van der Waals surface area (Å²) in [6.45, 7) is -0.254. The summed E-state index contributed by atoms with van der Waals surface area (Å²) < 4.78 is 42.0. The minimum absolute atomic E-state index is 0. The maximum Gasteiger partial charge on any atom is 1.00 e. The number of methoxy groups -OCH3 is 1. The zero-order chi connectivity index (χ0) is 19.8. The fourth-order valence-corrected chi connectivity index (χ4v) is 3.95. The molecule has 0 unspecified atom stereocenters. The second-order valence-corrected chi connectivity index (χ2v) is 7.20. The maximum atomic E-state index is 12.4. The maximum absolute atomic E-state index is 12.4. The second-order valence-electron chi connectivity index (χ2n) is 5.91. The molecule has 0 bridgehead atoms. The van der Waals surface area contributed by atoms with Gasteiger partial charge in [-0.2, -0.15) is 8.42 Å². The van der Waals surface area contributed by atoms with Crippen LogP contribution >= 0.6 is 0 Å². The Morgan fingerprint density at radius 2 is 1.93 bits per heavy atom. The number of carbonyl (C=O) groups is 3. The topological polar surface area (TPSA) is 131 Å². The normalized spacial score (nSPS) is 22.2. The van der Waals surface area contributed by atoms with Crippen LogP contribution < -0.4 is 29.6 Å². The number of esters is 1. The molecule has 2 saturated heterocycles. The van der Waals surface area contributed by atoms with Gasteiger partial charge < -0.3 is 10.9 Å². The Kier molecular flexibility index (Phi) is 6.88. The van der Waals surface area contributed by atoms with Crippen molar-refractivity contribution in [3.05, 3.63) is 47.5 Å². The smallest absolute Gasteiger partial charge is 1.00 e. The standard InChI is InChI=1S/C16H16N2O8S.Na.H/c1-25-12(19)7-11-8-17(14-13(11)18(15(14)20)27(22,23)24)16(21)26-9-10-5-3-2-4-6-10;;/h2-7,13-14H,8-9H2,1H3,(H,22,23,24);;/q;+1;-1/t13-,14+;;/m1../s1. The molecule has 1 aromatic rings. The molecule has 2 aliphatic rings. The van der Waals surface area contributed by atoms with Gasteiger partial charge in [0.2, 0.25) is 0 Å². The fourth-order valence-electron chi connectivity index (χ4n) is 3.07. The molecule has 1 N–H and O–H groups in total. The summed E-state index contributed by atoms with van der Waals surface area (Å²) in [5, 5.41) is 0. The molecule has 2 aliphatic heterocycles. The van der Waals surface area contributed by atoms with E-state index in [-0.39, 0.29) is 54.0 Å². The molecule has 12 heteroatoms. The summed E-state index contributed by atoms with van der Waals surface area (Å²) in [6, 6.07) is 6.49. The molecule has 0 aliphatic carbocycles. The van der Waals surface area contributed by atoms with E-state index in [9.17, 15) is 27.4 Å². The fraction of sp³-hybridized carbons (Fsp3) is 0.312. The van der Waals surface area contributed by atoms with Crippen LogP contribution in [0.5, 0.6) is 0 Å². The van der Waals surface area contributed by atoms with E-state index in [1.807, 2.05) is 0 Å². The van der Waals surface area contributed by atoms with E-state index in [2.05, 4.69) is 4.74 Å². The zero-order valence-electron chi connectivity index (χ0n) is 16.1. The number of fused-ring (bicyclic) bond motifs is 1. The molecule has 2 fully saturated rings. The third-order valence-corrected chi connectivity index (χ3v) is 5.19. The first-order chi connectivity index (χ1) is 12.7. The molecule has 2 atom stereocenters. The number of amides is 2. The molecular formula is C16H17N2NaO8S. The van der Waals surface area contributed by atoms with Crippen molar-refractivity contribution in [1.82, 2.24) is 9.21 Å². The van der Waals surface area contributed by atoms with Gasteiger partial charge in [-0.15, -0.1) is 0 Å². The van der Waals surface area contributed by atoms with Crippen LogP contribution in [0.2, 0.25) is 0 Å². The van der Waals surface area contributed by atoms with E-state index in [4.69, 9.17) is 4.74 Å². The predicted molar refractivity (Wildman–Crippen MR) is 90.5 cm³/mol. The molecule has 28 heavy (non-hydrogen) atoms. The van der Waals surface area contributed by atoms with E-state index in [1.165, 1.54) is 0 Å². The third-order valence-electron chi connectivity index (χ3n) is 4.28. The van der Waals surface area contributed by atoms with Crippen LogP contribution in [0.15, 0.2) is 42.0 Å². The summed E-state index contributed by atoms with van der Waals surface area (Å²) in [4.78, 5) is 37.1. The van der Waals surface area contributed by atoms with Crippen molar-refractivity contribution in [3.63, 3.8) is 0 Å². The van der Waals surface area contributed by atoms with Crippen LogP contribution in [0.3, 0.4) is 0 Å². The van der Waals surface area contributed by atoms with Crippen molar-refractivity contribution in [3.8, 4) is 0 Å². The number of hydrogen-bond donors (Lipinski definition) is 1. The zero-order valence-corrected chi connectivity index (χ0v) is 18.0. The van der Waals surface area contributed by atoms with E-state index in [0.717, 1.165) is 23.6 Å². The Labute approximate surface area is 184 Å². The Bertz CT molecular complexity index is 924. The van der Waals surface area contributed by atoms with Crippen molar-refractivity contribution in [2.24, 2.45) is 0 Å². The molecule has 0 saturated carbocycles. The quantitative estimate of drug-likeness (QED) is 0.182. The van der Waals surface area contributed by atoms with Gasteiger partial charge in [0.1, 0.15) is 18.7 Å². The number of nitrogens with zero attached hydrogens (tertiary/aromatic N) is 2.